The topological polar surface area (TPSA) is 63.6 Å². The van der Waals surface area contributed by atoms with Gasteiger partial charge in [-0.05, 0) is 6.72 Å². The fourth-order valence-electron chi connectivity index (χ4n) is 0. The highest BCUT2D eigenvalue weighted by molar-refractivity contribution is 7.59. The van der Waals surface area contributed by atoms with Gasteiger partial charge in [0.15, 0.2) is 0 Å². The SMILES string of the molecule is C.C=NC.CC.O=S(=O)=O. The van der Waals surface area contributed by atoms with Gasteiger partial charge in [0, 0.05) is 7.05 Å². The van der Waals surface area contributed by atoms with Crippen LogP contribution in [0.15, 0.2) is 4.99 Å². The molecule has 0 aliphatic rings. The third-order valence-electron chi connectivity index (χ3n) is 0. The summed E-state index contributed by atoms with van der Waals surface area (Å²) < 4.78 is 25.3. The maximum Gasteiger partial charge on any atom is 0.425 e. The second-order valence-corrected chi connectivity index (χ2v) is 0.929. The first-order chi connectivity index (χ1) is 4.15. The highest BCUT2D eigenvalue weighted by atomic mass is 32.2. The predicted octanol–water partition coefficient (Wildman–Crippen LogP) is 0.975. The zero-order chi connectivity index (χ0) is 8.28. The van der Waals surface area contributed by atoms with Crippen LogP contribution >= 0.6 is 0 Å². The number of nitrogens with zero attached hydrogens (tertiary/aromatic N) is 1. The average molecular weight is 169 g/mol. The van der Waals surface area contributed by atoms with Gasteiger partial charge in [-0.25, -0.2) is 0 Å². The van der Waals surface area contributed by atoms with Crippen LogP contribution in [0.25, 0.3) is 0 Å². The maximum absolute atomic E-state index is 8.44. The largest absolute Gasteiger partial charge is 0.425 e. The predicted molar refractivity (Wildman–Crippen MR) is 43.2 cm³/mol. The van der Waals surface area contributed by atoms with Gasteiger partial charge in [0.1, 0.15) is 0 Å². The molecule has 0 bridgehead atoms. The number of aliphatic imine (C=N–C) groups is 1. The molecule has 0 fully saturated rings. The maximum atomic E-state index is 8.44. The lowest BCUT2D eigenvalue weighted by Gasteiger charge is -1.38. The molecule has 0 saturated carbocycles. The van der Waals surface area contributed by atoms with E-state index in [9.17, 15) is 0 Å². The van der Waals surface area contributed by atoms with E-state index < -0.39 is 10.6 Å². The standard InChI is InChI=1S/C2H5N.C2H6.CH4.O3S/c1-3-2;1-2;;1-4(2)3/h1H2,2H3;1-2H3;1H4;. The Kier molecular flexibility index (Phi) is 92.9. The molecule has 0 radical (unpaired) electrons. The first-order valence-electron chi connectivity index (χ1n) is 2.26. The van der Waals surface area contributed by atoms with E-state index in [0.717, 1.165) is 0 Å². The van der Waals surface area contributed by atoms with Crippen LogP contribution < -0.4 is 0 Å². The highest BCUT2D eigenvalue weighted by Gasteiger charge is 1.40. The van der Waals surface area contributed by atoms with Crippen molar-refractivity contribution in [1.29, 1.82) is 0 Å². The second-order valence-electron chi connectivity index (χ2n) is 0.520. The van der Waals surface area contributed by atoms with E-state index in [1.165, 1.54) is 0 Å². The Morgan fingerprint density at radius 1 is 1.20 bits per heavy atom. The Labute approximate surface area is 64.1 Å². The molecule has 0 aromatic rings. The van der Waals surface area contributed by atoms with Gasteiger partial charge in [0.25, 0.3) is 0 Å². The van der Waals surface area contributed by atoms with Crippen LogP contribution in [0, 0.1) is 0 Å². The fourth-order valence-corrected chi connectivity index (χ4v) is 0. The minimum atomic E-state index is -3.11. The molecule has 0 unspecified atom stereocenters. The Morgan fingerprint density at radius 2 is 1.20 bits per heavy atom. The lowest BCUT2D eigenvalue weighted by Crippen LogP contribution is -1.40. The van der Waals surface area contributed by atoms with E-state index >= 15 is 0 Å². The smallest absolute Gasteiger partial charge is 0.304 e. The molecule has 4 nitrogen and oxygen atoms in total. The van der Waals surface area contributed by atoms with Crippen LogP contribution in [0.4, 0.5) is 0 Å². The fraction of sp³-hybridized carbons (Fsp3) is 0.800. The van der Waals surface area contributed by atoms with Crippen molar-refractivity contribution in [2.24, 2.45) is 4.99 Å². The minimum absolute atomic E-state index is 0. The van der Waals surface area contributed by atoms with Gasteiger partial charge in [-0.1, -0.05) is 21.3 Å². The molecule has 0 heterocycles. The summed E-state index contributed by atoms with van der Waals surface area (Å²) in [4.78, 5) is 3.25. The molecule has 0 N–H and O–H groups in total. The van der Waals surface area contributed by atoms with Gasteiger partial charge in [-0.15, -0.1) is 12.6 Å². The van der Waals surface area contributed by atoms with Crippen LogP contribution in [0.3, 0.4) is 0 Å². The van der Waals surface area contributed by atoms with Gasteiger partial charge in [-0.2, -0.15) is 0 Å². The summed E-state index contributed by atoms with van der Waals surface area (Å²) in [6, 6.07) is 0. The summed E-state index contributed by atoms with van der Waals surface area (Å²) in [6.07, 6.45) is 0. The van der Waals surface area contributed by atoms with E-state index in [4.69, 9.17) is 12.6 Å². The molecule has 0 spiro atoms. The molecule has 0 aromatic carbocycles. The molecular formula is C5H15NO3S. The molecule has 0 amide bonds. The van der Waals surface area contributed by atoms with Crippen molar-refractivity contribution < 1.29 is 12.6 Å². The van der Waals surface area contributed by atoms with Crippen molar-refractivity contribution in [3.05, 3.63) is 0 Å². The monoisotopic (exact) mass is 169 g/mol. The highest BCUT2D eigenvalue weighted by Crippen LogP contribution is 1.22. The lowest BCUT2D eigenvalue weighted by molar-refractivity contribution is 0.559. The van der Waals surface area contributed by atoms with Gasteiger partial charge < -0.3 is 4.99 Å². The Balaban J connectivity index is -0.0000000273. The van der Waals surface area contributed by atoms with Crippen LogP contribution in [0.2, 0.25) is 0 Å². The molecule has 0 atom stereocenters. The number of rotatable bonds is 0. The van der Waals surface area contributed by atoms with Crippen molar-refractivity contribution in [1.82, 2.24) is 0 Å². The first kappa shape index (κ1) is 22.8. The van der Waals surface area contributed by atoms with E-state index in [1.807, 2.05) is 13.8 Å². The summed E-state index contributed by atoms with van der Waals surface area (Å²) in [5.41, 5.74) is 0. The van der Waals surface area contributed by atoms with Gasteiger partial charge in [0.2, 0.25) is 0 Å². The van der Waals surface area contributed by atoms with E-state index in [-0.39, 0.29) is 7.43 Å². The summed E-state index contributed by atoms with van der Waals surface area (Å²) in [5, 5.41) is 0. The summed E-state index contributed by atoms with van der Waals surface area (Å²) >= 11 is 0. The quantitative estimate of drug-likeness (QED) is 0.508. The number of hydrogen-bond acceptors (Lipinski definition) is 4. The second kappa shape index (κ2) is 40.7. The van der Waals surface area contributed by atoms with Gasteiger partial charge in [0.05, 0.1) is 0 Å². The Morgan fingerprint density at radius 3 is 1.20 bits per heavy atom. The third-order valence-corrected chi connectivity index (χ3v) is 0. The van der Waals surface area contributed by atoms with Crippen molar-refractivity contribution in [2.45, 2.75) is 21.3 Å². The zero-order valence-corrected chi connectivity index (χ0v) is 6.60. The first-order valence-corrected chi connectivity index (χ1v) is 3.26. The molecular weight excluding hydrogens is 154 g/mol. The van der Waals surface area contributed by atoms with Crippen molar-refractivity contribution in [3.63, 3.8) is 0 Å². The van der Waals surface area contributed by atoms with Crippen LogP contribution in [-0.2, 0) is 10.6 Å². The molecule has 10 heavy (non-hydrogen) atoms. The summed E-state index contributed by atoms with van der Waals surface area (Å²) in [6.45, 7) is 7.11. The third kappa shape index (κ3) is 572. The normalized spacial score (nSPS) is 4.30. The van der Waals surface area contributed by atoms with Crippen LogP contribution in [0.5, 0.6) is 0 Å². The molecule has 0 rings (SSSR count). The van der Waals surface area contributed by atoms with E-state index in [2.05, 4.69) is 11.7 Å². The van der Waals surface area contributed by atoms with Gasteiger partial charge in [-0.3, -0.25) is 0 Å². The molecule has 0 saturated heterocycles. The number of hydrogen-bond donors (Lipinski definition) is 0. The van der Waals surface area contributed by atoms with Crippen molar-refractivity contribution >= 4 is 17.3 Å². The molecule has 64 valence electrons. The van der Waals surface area contributed by atoms with Gasteiger partial charge >= 0.3 is 10.6 Å². The van der Waals surface area contributed by atoms with Crippen LogP contribution in [0.1, 0.15) is 21.3 Å². The van der Waals surface area contributed by atoms with Crippen molar-refractivity contribution in [3.8, 4) is 0 Å². The van der Waals surface area contributed by atoms with E-state index in [0.29, 0.717) is 0 Å². The lowest BCUT2D eigenvalue weighted by atomic mass is 11.0. The van der Waals surface area contributed by atoms with Crippen LogP contribution in [-0.4, -0.2) is 26.4 Å². The average Bonchev–Trinajstić information content (AvgIpc) is 1.71. The van der Waals surface area contributed by atoms with Crippen molar-refractivity contribution in [2.75, 3.05) is 7.05 Å². The molecule has 0 aliphatic heterocycles. The Hall–Kier alpha value is -0.710. The Bertz CT molecular complexity index is 117. The molecule has 5 heteroatoms. The zero-order valence-electron chi connectivity index (χ0n) is 5.79. The molecule has 0 aliphatic carbocycles. The summed E-state index contributed by atoms with van der Waals surface area (Å²) in [7, 11) is -1.47. The summed E-state index contributed by atoms with van der Waals surface area (Å²) in [5.74, 6) is 0. The minimum Gasteiger partial charge on any atom is -0.304 e. The molecule has 0 aromatic heterocycles. The van der Waals surface area contributed by atoms with E-state index in [1.54, 1.807) is 7.05 Å².